The molecule has 0 aliphatic rings. The maximum Gasteiger partial charge on any atom is 0.306 e. The van der Waals surface area contributed by atoms with E-state index in [4.69, 9.17) is 4.74 Å². The lowest BCUT2D eigenvalue weighted by atomic mass is 10.1. The van der Waals surface area contributed by atoms with Gasteiger partial charge in [0.15, 0.2) is 5.65 Å². The fraction of sp³-hybridized carbons (Fsp3) is 0.300. The van der Waals surface area contributed by atoms with Crippen molar-refractivity contribution in [3.8, 4) is 22.9 Å². The fourth-order valence-corrected chi connectivity index (χ4v) is 3.21. The topological polar surface area (TPSA) is 79.8 Å². The molecule has 0 atom stereocenters. The molecule has 0 radical (unpaired) electrons. The minimum absolute atomic E-state index is 0.0898. The number of benzene rings is 1. The van der Waals surface area contributed by atoms with Crippen LogP contribution in [0.5, 0.6) is 11.8 Å². The highest BCUT2D eigenvalue weighted by atomic mass is 16.5. The number of fused-ring (bicyclic) bond motifs is 1. The van der Waals surface area contributed by atoms with Gasteiger partial charge in [-0.1, -0.05) is 12.1 Å². The second kappa shape index (κ2) is 6.63. The summed E-state index contributed by atoms with van der Waals surface area (Å²) in [5.41, 5.74) is 3.42. The number of nitrogens with zero attached hydrogens (tertiary/aromatic N) is 6. The van der Waals surface area contributed by atoms with Crippen molar-refractivity contribution in [3.63, 3.8) is 0 Å². The molecule has 3 aromatic heterocycles. The van der Waals surface area contributed by atoms with Gasteiger partial charge in [0.05, 0.1) is 11.9 Å². The average molecular weight is 378 g/mol. The van der Waals surface area contributed by atoms with Crippen LogP contribution in [0.3, 0.4) is 0 Å². The summed E-state index contributed by atoms with van der Waals surface area (Å²) in [4.78, 5) is 17.2. The molecule has 8 heteroatoms. The molecule has 0 saturated carbocycles. The summed E-state index contributed by atoms with van der Waals surface area (Å²) in [6.45, 7) is 5.96. The molecule has 0 saturated heterocycles. The normalized spacial score (nSPS) is 11.5. The molecule has 4 aromatic rings. The second-order valence-corrected chi connectivity index (χ2v) is 7.11. The monoisotopic (exact) mass is 378 g/mol. The molecule has 0 N–H and O–H groups in total. The predicted molar refractivity (Wildman–Crippen MR) is 107 cm³/mol. The van der Waals surface area contributed by atoms with Crippen molar-refractivity contribution < 1.29 is 4.74 Å². The summed E-state index contributed by atoms with van der Waals surface area (Å²) in [6.07, 6.45) is 3.54. The van der Waals surface area contributed by atoms with Crippen LogP contribution in [0.1, 0.15) is 25.6 Å². The van der Waals surface area contributed by atoms with Crippen molar-refractivity contribution in [2.24, 2.45) is 14.1 Å². The van der Waals surface area contributed by atoms with E-state index in [0.29, 0.717) is 16.8 Å². The lowest BCUT2D eigenvalue weighted by Crippen LogP contribution is -2.20. The van der Waals surface area contributed by atoms with Crippen molar-refractivity contribution in [3.05, 3.63) is 52.7 Å². The Morgan fingerprint density at radius 2 is 1.82 bits per heavy atom. The Morgan fingerprint density at radius 1 is 1.11 bits per heavy atom. The molecule has 1 aromatic carbocycles. The predicted octanol–water partition coefficient (Wildman–Crippen LogP) is 3.21. The van der Waals surface area contributed by atoms with Gasteiger partial charge < -0.3 is 4.74 Å². The van der Waals surface area contributed by atoms with Gasteiger partial charge in [0, 0.05) is 31.9 Å². The minimum atomic E-state index is -0.186. The molecule has 3 heterocycles. The Bertz CT molecular complexity index is 1210. The van der Waals surface area contributed by atoms with Gasteiger partial charge in [-0.25, -0.2) is 4.68 Å². The molecule has 0 aliphatic heterocycles. The maximum absolute atomic E-state index is 12.6. The average Bonchev–Trinajstić information content (AvgIpc) is 3.23. The van der Waals surface area contributed by atoms with Gasteiger partial charge in [-0.05, 0) is 38.5 Å². The molecule has 4 rings (SSSR count). The Morgan fingerprint density at radius 3 is 2.43 bits per heavy atom. The zero-order chi connectivity index (χ0) is 20.0. The first kappa shape index (κ1) is 18.0. The van der Waals surface area contributed by atoms with Gasteiger partial charge in [-0.3, -0.25) is 14.0 Å². The number of ether oxygens (including phenoxy) is 1. The van der Waals surface area contributed by atoms with Crippen LogP contribution in [0, 0.1) is 6.92 Å². The van der Waals surface area contributed by atoms with Crippen molar-refractivity contribution in [2.75, 3.05) is 0 Å². The second-order valence-electron chi connectivity index (χ2n) is 7.11. The third kappa shape index (κ3) is 2.96. The van der Waals surface area contributed by atoms with E-state index >= 15 is 0 Å². The van der Waals surface area contributed by atoms with Crippen LogP contribution < -0.4 is 10.3 Å². The van der Waals surface area contributed by atoms with E-state index in [0.717, 1.165) is 16.8 Å². The Hall–Kier alpha value is -3.42. The highest BCUT2D eigenvalue weighted by Gasteiger charge is 2.16. The summed E-state index contributed by atoms with van der Waals surface area (Å²) in [7, 11) is 3.54. The van der Waals surface area contributed by atoms with Crippen LogP contribution in [0.15, 0.2) is 41.5 Å². The minimum Gasteiger partial charge on any atom is -0.425 e. The first-order valence-electron chi connectivity index (χ1n) is 9.08. The van der Waals surface area contributed by atoms with Crippen LogP contribution in [-0.2, 0) is 14.1 Å². The zero-order valence-electron chi connectivity index (χ0n) is 16.5. The molecule has 0 fully saturated rings. The highest BCUT2D eigenvalue weighted by molar-refractivity contribution is 5.74. The Balaban J connectivity index is 1.70. The van der Waals surface area contributed by atoms with Gasteiger partial charge in [0.2, 0.25) is 0 Å². The number of hydrogen-bond donors (Lipinski definition) is 0. The SMILES string of the molecule is Cc1nn(C)cc1-c1ccc(Oc2nc3c(cnn3C(C)C)c(=O)n2C)cc1. The van der Waals surface area contributed by atoms with Crippen molar-refractivity contribution >= 4 is 11.0 Å². The molecule has 0 amide bonds. The molecule has 8 nitrogen and oxygen atoms in total. The first-order valence-corrected chi connectivity index (χ1v) is 9.08. The molecular weight excluding hydrogens is 356 g/mol. The van der Waals surface area contributed by atoms with Crippen molar-refractivity contribution in [1.29, 1.82) is 0 Å². The number of rotatable bonds is 4. The van der Waals surface area contributed by atoms with Gasteiger partial charge >= 0.3 is 6.01 Å². The van der Waals surface area contributed by atoms with Gasteiger partial charge in [-0.15, -0.1) is 0 Å². The van der Waals surface area contributed by atoms with Crippen molar-refractivity contribution in [1.82, 2.24) is 29.1 Å². The van der Waals surface area contributed by atoms with Crippen LogP contribution in [0.2, 0.25) is 0 Å². The van der Waals surface area contributed by atoms with E-state index in [-0.39, 0.29) is 17.6 Å². The Kier molecular flexibility index (Phi) is 4.26. The lowest BCUT2D eigenvalue weighted by molar-refractivity contribution is 0.413. The van der Waals surface area contributed by atoms with E-state index in [1.165, 1.54) is 4.57 Å². The fourth-order valence-electron chi connectivity index (χ4n) is 3.21. The standard InChI is InChI=1S/C20H22N6O2/c1-12(2)26-18-16(10-21-26)19(27)25(5)20(22-18)28-15-8-6-14(7-9-15)17-11-24(4)23-13(17)3/h6-12H,1-5H3. The Labute approximate surface area is 162 Å². The van der Waals surface area contributed by atoms with E-state index in [1.807, 2.05) is 58.3 Å². The third-order valence-electron chi connectivity index (χ3n) is 4.67. The van der Waals surface area contributed by atoms with Crippen LogP contribution >= 0.6 is 0 Å². The van der Waals surface area contributed by atoms with Crippen LogP contribution in [0.25, 0.3) is 22.2 Å². The van der Waals surface area contributed by atoms with Crippen LogP contribution in [0.4, 0.5) is 0 Å². The lowest BCUT2D eigenvalue weighted by Gasteiger charge is -2.11. The molecular formula is C20H22N6O2. The van der Waals surface area contributed by atoms with E-state index in [2.05, 4.69) is 15.2 Å². The van der Waals surface area contributed by atoms with Crippen molar-refractivity contribution in [2.45, 2.75) is 26.8 Å². The van der Waals surface area contributed by atoms with E-state index in [1.54, 1.807) is 22.6 Å². The first-order chi connectivity index (χ1) is 13.3. The molecule has 0 bridgehead atoms. The van der Waals surface area contributed by atoms with E-state index in [9.17, 15) is 4.79 Å². The number of hydrogen-bond acceptors (Lipinski definition) is 5. The molecule has 144 valence electrons. The number of aromatic nitrogens is 6. The zero-order valence-corrected chi connectivity index (χ0v) is 16.5. The van der Waals surface area contributed by atoms with E-state index < -0.39 is 0 Å². The quantitative estimate of drug-likeness (QED) is 0.545. The highest BCUT2D eigenvalue weighted by Crippen LogP contribution is 2.27. The summed E-state index contributed by atoms with van der Waals surface area (Å²) in [5, 5.41) is 9.13. The number of aryl methyl sites for hydroxylation is 2. The molecule has 28 heavy (non-hydrogen) atoms. The summed E-state index contributed by atoms with van der Waals surface area (Å²) >= 11 is 0. The summed E-state index contributed by atoms with van der Waals surface area (Å²) in [6, 6.07) is 7.97. The van der Waals surface area contributed by atoms with Crippen LogP contribution in [-0.4, -0.2) is 29.1 Å². The molecule has 0 aliphatic carbocycles. The smallest absolute Gasteiger partial charge is 0.306 e. The molecule has 0 spiro atoms. The summed E-state index contributed by atoms with van der Waals surface area (Å²) < 4.78 is 10.8. The van der Waals surface area contributed by atoms with Gasteiger partial charge in [0.25, 0.3) is 5.56 Å². The molecule has 0 unspecified atom stereocenters. The maximum atomic E-state index is 12.6. The summed E-state index contributed by atoms with van der Waals surface area (Å²) in [5.74, 6) is 0.600. The van der Waals surface area contributed by atoms with Gasteiger partial charge in [0.1, 0.15) is 11.1 Å². The third-order valence-corrected chi connectivity index (χ3v) is 4.67. The van der Waals surface area contributed by atoms with Gasteiger partial charge in [-0.2, -0.15) is 15.2 Å². The largest absolute Gasteiger partial charge is 0.425 e.